The molecule has 0 aliphatic heterocycles. The van der Waals surface area contributed by atoms with E-state index in [1.54, 1.807) is 0 Å². The number of imidazole rings is 1. The number of para-hydroxylation sites is 2. The highest BCUT2D eigenvalue weighted by Crippen LogP contribution is 2.20. The van der Waals surface area contributed by atoms with Gasteiger partial charge in [0.2, 0.25) is 0 Å². The van der Waals surface area contributed by atoms with Gasteiger partial charge in [-0.05, 0) is 57.0 Å². The van der Waals surface area contributed by atoms with Crippen molar-refractivity contribution in [1.82, 2.24) is 19.4 Å². The second-order valence-corrected chi connectivity index (χ2v) is 8.11. The number of nitrogens with one attached hydrogen (secondary N) is 1. The summed E-state index contributed by atoms with van der Waals surface area (Å²) in [4.78, 5) is 17.1. The number of carbonyl (C=O) groups excluding carboxylic acids is 1. The van der Waals surface area contributed by atoms with E-state index in [1.165, 1.54) is 5.56 Å². The number of aromatic nitrogens is 3. The van der Waals surface area contributed by atoms with Crippen LogP contribution in [0, 0.1) is 13.8 Å². The summed E-state index contributed by atoms with van der Waals surface area (Å²) >= 11 is 0. The van der Waals surface area contributed by atoms with Crippen LogP contribution < -0.4 is 5.32 Å². The van der Waals surface area contributed by atoms with Crippen molar-refractivity contribution in [3.05, 3.63) is 89.0 Å². The molecule has 0 bridgehead atoms. The van der Waals surface area contributed by atoms with Gasteiger partial charge >= 0.3 is 0 Å². The van der Waals surface area contributed by atoms with Gasteiger partial charge < -0.3 is 14.5 Å². The van der Waals surface area contributed by atoms with Crippen LogP contribution in [0.25, 0.3) is 11.0 Å². The fourth-order valence-corrected chi connectivity index (χ4v) is 4.17. The van der Waals surface area contributed by atoms with Crippen molar-refractivity contribution in [2.24, 2.45) is 0 Å². The standard InChI is InChI=1S/C25H28N4O/c1-17(2)29-18(3)13-22(19(29)4)25(30)26-14-20-9-11-21(12-10-20)15-28-16-27-23-7-5-6-8-24(23)28/h5-13,16-17H,14-15H2,1-4H3,(H,26,30). The van der Waals surface area contributed by atoms with E-state index in [2.05, 4.69) is 63.6 Å². The molecular formula is C25H28N4O. The highest BCUT2D eigenvalue weighted by atomic mass is 16.1. The van der Waals surface area contributed by atoms with E-state index in [0.717, 1.165) is 40.1 Å². The largest absolute Gasteiger partial charge is 0.348 e. The van der Waals surface area contributed by atoms with E-state index in [9.17, 15) is 4.79 Å². The lowest BCUT2D eigenvalue weighted by Crippen LogP contribution is -2.23. The highest BCUT2D eigenvalue weighted by Gasteiger charge is 2.16. The lowest BCUT2D eigenvalue weighted by atomic mass is 10.1. The van der Waals surface area contributed by atoms with E-state index in [-0.39, 0.29) is 5.91 Å². The van der Waals surface area contributed by atoms with E-state index in [0.29, 0.717) is 12.6 Å². The predicted molar refractivity (Wildman–Crippen MR) is 121 cm³/mol. The minimum atomic E-state index is -0.0241. The summed E-state index contributed by atoms with van der Waals surface area (Å²) in [6.07, 6.45) is 1.88. The first-order chi connectivity index (χ1) is 14.4. The monoisotopic (exact) mass is 400 g/mol. The molecule has 0 unspecified atom stereocenters. The molecule has 0 atom stereocenters. The van der Waals surface area contributed by atoms with Crippen LogP contribution in [-0.2, 0) is 13.1 Å². The lowest BCUT2D eigenvalue weighted by molar-refractivity contribution is 0.0950. The second-order valence-electron chi connectivity index (χ2n) is 8.11. The average molecular weight is 401 g/mol. The third-order valence-electron chi connectivity index (χ3n) is 5.60. The molecule has 4 rings (SSSR count). The Hall–Kier alpha value is -3.34. The van der Waals surface area contributed by atoms with Crippen molar-refractivity contribution in [3.63, 3.8) is 0 Å². The van der Waals surface area contributed by atoms with Gasteiger partial charge in [-0.1, -0.05) is 36.4 Å². The molecular weight excluding hydrogens is 372 g/mol. The predicted octanol–water partition coefficient (Wildman–Crippen LogP) is 5.01. The quantitative estimate of drug-likeness (QED) is 0.494. The Morgan fingerprint density at radius 3 is 2.43 bits per heavy atom. The van der Waals surface area contributed by atoms with Gasteiger partial charge in [0.15, 0.2) is 0 Å². The molecule has 0 saturated carbocycles. The van der Waals surface area contributed by atoms with Gasteiger partial charge in [-0.3, -0.25) is 4.79 Å². The third kappa shape index (κ3) is 3.88. The number of benzene rings is 2. The Balaban J connectivity index is 1.40. The van der Waals surface area contributed by atoms with E-state index in [1.807, 2.05) is 44.4 Å². The summed E-state index contributed by atoms with van der Waals surface area (Å²) in [5.74, 6) is -0.0241. The van der Waals surface area contributed by atoms with Crippen LogP contribution in [0.5, 0.6) is 0 Å². The van der Waals surface area contributed by atoms with Crippen molar-refractivity contribution >= 4 is 16.9 Å². The van der Waals surface area contributed by atoms with Gasteiger partial charge in [0.1, 0.15) is 0 Å². The Morgan fingerprint density at radius 2 is 1.73 bits per heavy atom. The summed E-state index contributed by atoms with van der Waals surface area (Å²) in [6, 6.07) is 18.8. The number of nitrogens with zero attached hydrogens (tertiary/aromatic N) is 3. The molecule has 1 N–H and O–H groups in total. The minimum Gasteiger partial charge on any atom is -0.348 e. The fourth-order valence-electron chi connectivity index (χ4n) is 4.17. The van der Waals surface area contributed by atoms with Crippen LogP contribution in [0.2, 0.25) is 0 Å². The summed E-state index contributed by atoms with van der Waals surface area (Å²) < 4.78 is 4.35. The number of rotatable bonds is 6. The van der Waals surface area contributed by atoms with Crippen LogP contribution in [0.3, 0.4) is 0 Å². The van der Waals surface area contributed by atoms with Crippen LogP contribution >= 0.6 is 0 Å². The SMILES string of the molecule is Cc1cc(C(=O)NCc2ccc(Cn3cnc4ccccc43)cc2)c(C)n1C(C)C. The number of hydrogen-bond donors (Lipinski definition) is 1. The number of fused-ring (bicyclic) bond motifs is 1. The molecule has 0 aliphatic rings. The summed E-state index contributed by atoms with van der Waals surface area (Å²) in [5.41, 5.74) is 7.31. The number of amides is 1. The van der Waals surface area contributed by atoms with Gasteiger partial charge in [0.05, 0.1) is 22.9 Å². The number of aryl methyl sites for hydroxylation is 1. The van der Waals surface area contributed by atoms with Crippen LogP contribution in [0.4, 0.5) is 0 Å². The molecule has 4 aromatic rings. The van der Waals surface area contributed by atoms with Gasteiger partial charge in [-0.15, -0.1) is 0 Å². The molecule has 0 radical (unpaired) electrons. The van der Waals surface area contributed by atoms with Crippen molar-refractivity contribution < 1.29 is 4.79 Å². The molecule has 5 nitrogen and oxygen atoms in total. The Bertz CT molecular complexity index is 1180. The van der Waals surface area contributed by atoms with Crippen molar-refractivity contribution in [1.29, 1.82) is 0 Å². The molecule has 1 amide bonds. The molecule has 0 saturated heterocycles. The smallest absolute Gasteiger partial charge is 0.253 e. The molecule has 0 fully saturated rings. The maximum absolute atomic E-state index is 12.7. The normalized spacial score (nSPS) is 11.4. The van der Waals surface area contributed by atoms with E-state index >= 15 is 0 Å². The van der Waals surface area contributed by atoms with Gasteiger partial charge in [0.25, 0.3) is 5.91 Å². The third-order valence-corrected chi connectivity index (χ3v) is 5.60. The first-order valence-corrected chi connectivity index (χ1v) is 10.4. The molecule has 2 aromatic heterocycles. The molecule has 5 heteroatoms. The van der Waals surface area contributed by atoms with Crippen molar-refractivity contribution in [2.75, 3.05) is 0 Å². The number of hydrogen-bond acceptors (Lipinski definition) is 2. The van der Waals surface area contributed by atoms with Crippen LogP contribution in [0.1, 0.15) is 52.8 Å². The zero-order valence-electron chi connectivity index (χ0n) is 18.0. The van der Waals surface area contributed by atoms with Crippen LogP contribution in [0.15, 0.2) is 60.9 Å². The van der Waals surface area contributed by atoms with E-state index < -0.39 is 0 Å². The first kappa shape index (κ1) is 20.0. The van der Waals surface area contributed by atoms with Crippen molar-refractivity contribution in [2.45, 2.75) is 46.8 Å². The Kier molecular flexibility index (Phi) is 5.44. The molecule has 30 heavy (non-hydrogen) atoms. The maximum atomic E-state index is 12.7. The van der Waals surface area contributed by atoms with Crippen molar-refractivity contribution in [3.8, 4) is 0 Å². The molecule has 2 aromatic carbocycles. The Morgan fingerprint density at radius 1 is 1.03 bits per heavy atom. The van der Waals surface area contributed by atoms with E-state index in [4.69, 9.17) is 0 Å². The van der Waals surface area contributed by atoms with Gasteiger partial charge in [0, 0.05) is 30.5 Å². The van der Waals surface area contributed by atoms with Gasteiger partial charge in [-0.25, -0.2) is 4.98 Å². The Labute approximate surface area is 177 Å². The molecule has 0 spiro atoms. The molecule has 0 aliphatic carbocycles. The summed E-state index contributed by atoms with van der Waals surface area (Å²) in [6.45, 7) is 9.61. The molecule has 2 heterocycles. The summed E-state index contributed by atoms with van der Waals surface area (Å²) in [5, 5.41) is 3.06. The zero-order valence-corrected chi connectivity index (χ0v) is 18.0. The number of carbonyl (C=O) groups is 1. The second kappa shape index (κ2) is 8.19. The fraction of sp³-hybridized carbons (Fsp3) is 0.280. The minimum absolute atomic E-state index is 0.0241. The lowest BCUT2D eigenvalue weighted by Gasteiger charge is -2.13. The average Bonchev–Trinajstić information content (AvgIpc) is 3.27. The molecule has 154 valence electrons. The highest BCUT2D eigenvalue weighted by molar-refractivity contribution is 5.95. The summed E-state index contributed by atoms with van der Waals surface area (Å²) in [7, 11) is 0. The maximum Gasteiger partial charge on any atom is 0.253 e. The zero-order chi connectivity index (χ0) is 21.3. The van der Waals surface area contributed by atoms with Crippen LogP contribution in [-0.4, -0.2) is 20.0 Å². The first-order valence-electron chi connectivity index (χ1n) is 10.4. The van der Waals surface area contributed by atoms with Gasteiger partial charge in [-0.2, -0.15) is 0 Å². The topological polar surface area (TPSA) is 51.9 Å².